The fourth-order valence-corrected chi connectivity index (χ4v) is 3.49. The predicted molar refractivity (Wildman–Crippen MR) is 126 cm³/mol. The highest BCUT2D eigenvalue weighted by atomic mass is 16.5. The maximum Gasteiger partial charge on any atom is 0.341 e. The number of benzene rings is 3. The van der Waals surface area contributed by atoms with Gasteiger partial charge in [0.2, 0.25) is 0 Å². The molecule has 0 aliphatic rings. The van der Waals surface area contributed by atoms with Gasteiger partial charge in [0.05, 0.1) is 13.2 Å². The van der Waals surface area contributed by atoms with Gasteiger partial charge in [0, 0.05) is 19.1 Å². The van der Waals surface area contributed by atoms with Crippen LogP contribution in [0, 0.1) is 0 Å². The van der Waals surface area contributed by atoms with Gasteiger partial charge in [0.1, 0.15) is 17.9 Å². The molecule has 1 atom stereocenters. The van der Waals surface area contributed by atoms with Gasteiger partial charge in [-0.15, -0.1) is 0 Å². The van der Waals surface area contributed by atoms with Crippen molar-refractivity contribution in [2.24, 2.45) is 0 Å². The summed E-state index contributed by atoms with van der Waals surface area (Å²) in [6, 6.07) is 25.4. The van der Waals surface area contributed by atoms with Gasteiger partial charge in [-0.3, -0.25) is 4.90 Å². The molecule has 0 radical (unpaired) electrons. The van der Waals surface area contributed by atoms with Crippen LogP contribution in [0.4, 0.5) is 0 Å². The largest absolute Gasteiger partial charge is 0.488 e. The number of esters is 1. The highest BCUT2D eigenvalue weighted by molar-refractivity contribution is 5.92. The molecule has 0 aliphatic heterocycles. The number of carbonyl (C=O) groups excluding carboxylic acids is 1. The third-order valence-electron chi connectivity index (χ3n) is 5.40. The third kappa shape index (κ3) is 6.42. The predicted octanol–water partition coefficient (Wildman–Crippen LogP) is 5.00. The average molecular weight is 434 g/mol. The number of ether oxygens (including phenoxy) is 2. The van der Waals surface area contributed by atoms with Gasteiger partial charge in [-0.2, -0.15) is 0 Å². The lowest BCUT2D eigenvalue weighted by atomic mass is 10.0. The molecular formula is C27H31NO4. The molecule has 0 spiro atoms. The van der Waals surface area contributed by atoms with Crippen LogP contribution in [0.3, 0.4) is 0 Å². The van der Waals surface area contributed by atoms with E-state index >= 15 is 0 Å². The highest BCUT2D eigenvalue weighted by Gasteiger charge is 2.20. The zero-order valence-corrected chi connectivity index (χ0v) is 18.9. The Kier molecular flexibility index (Phi) is 8.42. The molecule has 5 nitrogen and oxygen atoms in total. The number of aliphatic hydroxyl groups excluding tert-OH is 1. The second kappa shape index (κ2) is 11.5. The molecule has 1 unspecified atom stereocenters. The van der Waals surface area contributed by atoms with Crippen molar-refractivity contribution in [3.05, 3.63) is 101 Å². The normalized spacial score (nSPS) is 12.1. The van der Waals surface area contributed by atoms with Crippen LogP contribution in [0.2, 0.25) is 0 Å². The van der Waals surface area contributed by atoms with Crippen molar-refractivity contribution >= 4 is 5.97 Å². The fourth-order valence-electron chi connectivity index (χ4n) is 3.49. The molecule has 1 N–H and O–H groups in total. The van der Waals surface area contributed by atoms with Crippen LogP contribution in [0.15, 0.2) is 78.9 Å². The molecule has 0 heterocycles. The zero-order valence-electron chi connectivity index (χ0n) is 18.9. The molecule has 0 saturated carbocycles. The van der Waals surface area contributed by atoms with Crippen LogP contribution >= 0.6 is 0 Å². The summed E-state index contributed by atoms with van der Waals surface area (Å²) in [6.07, 6.45) is -0.757. The molecule has 3 rings (SSSR count). The molecule has 32 heavy (non-hydrogen) atoms. The molecule has 0 aliphatic carbocycles. The van der Waals surface area contributed by atoms with Crippen molar-refractivity contribution in [1.82, 2.24) is 4.90 Å². The maximum absolute atomic E-state index is 12.4. The van der Waals surface area contributed by atoms with Crippen molar-refractivity contribution in [2.75, 3.05) is 13.7 Å². The maximum atomic E-state index is 12.4. The smallest absolute Gasteiger partial charge is 0.341 e. The Morgan fingerprint density at radius 2 is 1.56 bits per heavy atom. The van der Waals surface area contributed by atoms with E-state index in [1.165, 1.54) is 12.7 Å². The lowest BCUT2D eigenvalue weighted by Gasteiger charge is -2.29. The van der Waals surface area contributed by atoms with Gasteiger partial charge in [-0.1, -0.05) is 66.7 Å². The van der Waals surface area contributed by atoms with E-state index in [0.29, 0.717) is 30.0 Å². The standard InChI is InChI=1S/C27H31NO4/c1-20(2)28(17-21-10-6-4-7-11-21)18-25(29)23-14-15-26(24(16-23)27(30)31-3)32-19-22-12-8-5-9-13-22/h4-16,20,25,29H,17-19H2,1-3H3. The number of hydrogen-bond donors (Lipinski definition) is 1. The molecule has 168 valence electrons. The van der Waals surface area contributed by atoms with Gasteiger partial charge in [0.25, 0.3) is 0 Å². The molecule has 0 aromatic heterocycles. The van der Waals surface area contributed by atoms with E-state index in [4.69, 9.17) is 9.47 Å². The summed E-state index contributed by atoms with van der Waals surface area (Å²) in [5, 5.41) is 11.0. The first-order valence-corrected chi connectivity index (χ1v) is 10.8. The van der Waals surface area contributed by atoms with E-state index < -0.39 is 12.1 Å². The Morgan fingerprint density at radius 3 is 2.16 bits per heavy atom. The molecule has 5 heteroatoms. The summed E-state index contributed by atoms with van der Waals surface area (Å²) >= 11 is 0. The number of nitrogens with zero attached hydrogens (tertiary/aromatic N) is 1. The van der Waals surface area contributed by atoms with Crippen LogP contribution < -0.4 is 4.74 Å². The Labute approximate surface area is 190 Å². The van der Waals surface area contributed by atoms with Crippen molar-refractivity contribution in [2.45, 2.75) is 39.1 Å². The number of aliphatic hydroxyl groups is 1. The highest BCUT2D eigenvalue weighted by Crippen LogP contribution is 2.26. The van der Waals surface area contributed by atoms with Crippen molar-refractivity contribution in [3.8, 4) is 5.75 Å². The Morgan fingerprint density at radius 1 is 0.938 bits per heavy atom. The van der Waals surface area contributed by atoms with E-state index in [2.05, 4.69) is 30.9 Å². The molecule has 0 saturated heterocycles. The van der Waals surface area contributed by atoms with Crippen molar-refractivity contribution in [3.63, 3.8) is 0 Å². The van der Waals surface area contributed by atoms with E-state index in [9.17, 15) is 9.90 Å². The van der Waals surface area contributed by atoms with Crippen molar-refractivity contribution < 1.29 is 19.4 Å². The molecule has 0 bridgehead atoms. The van der Waals surface area contributed by atoms with Gasteiger partial charge < -0.3 is 14.6 Å². The Balaban J connectivity index is 1.76. The van der Waals surface area contributed by atoms with Gasteiger partial charge in [-0.25, -0.2) is 4.79 Å². The minimum atomic E-state index is -0.757. The number of hydrogen-bond acceptors (Lipinski definition) is 5. The monoisotopic (exact) mass is 433 g/mol. The first-order valence-electron chi connectivity index (χ1n) is 10.8. The van der Waals surface area contributed by atoms with Crippen LogP contribution in [-0.4, -0.2) is 35.7 Å². The van der Waals surface area contributed by atoms with Crippen LogP contribution in [0.5, 0.6) is 5.75 Å². The Hall–Kier alpha value is -3.15. The van der Waals surface area contributed by atoms with Crippen LogP contribution in [0.25, 0.3) is 0 Å². The number of rotatable bonds is 10. The quantitative estimate of drug-likeness (QED) is 0.456. The van der Waals surface area contributed by atoms with Crippen LogP contribution in [0.1, 0.15) is 47.0 Å². The number of methoxy groups -OCH3 is 1. The SMILES string of the molecule is COC(=O)c1cc(C(O)CN(Cc2ccccc2)C(C)C)ccc1OCc1ccccc1. The first-order chi connectivity index (χ1) is 15.5. The molecular weight excluding hydrogens is 402 g/mol. The van der Waals surface area contributed by atoms with Crippen LogP contribution in [-0.2, 0) is 17.9 Å². The lowest BCUT2D eigenvalue weighted by molar-refractivity contribution is 0.0594. The summed E-state index contributed by atoms with van der Waals surface area (Å²) in [7, 11) is 1.34. The second-order valence-corrected chi connectivity index (χ2v) is 8.05. The summed E-state index contributed by atoms with van der Waals surface area (Å²) in [5.74, 6) is -0.0613. The molecule has 3 aromatic rings. The van der Waals surface area contributed by atoms with E-state index in [-0.39, 0.29) is 6.04 Å². The second-order valence-electron chi connectivity index (χ2n) is 8.05. The topological polar surface area (TPSA) is 59.0 Å². The minimum Gasteiger partial charge on any atom is -0.488 e. The summed E-state index contributed by atoms with van der Waals surface area (Å²) in [6.45, 7) is 5.73. The van der Waals surface area contributed by atoms with Crippen molar-refractivity contribution in [1.29, 1.82) is 0 Å². The van der Waals surface area contributed by atoms with E-state index in [1.54, 1.807) is 18.2 Å². The van der Waals surface area contributed by atoms with Gasteiger partial charge in [-0.05, 0) is 42.7 Å². The summed E-state index contributed by atoms with van der Waals surface area (Å²) < 4.78 is 10.8. The van der Waals surface area contributed by atoms with E-state index in [0.717, 1.165) is 12.1 Å². The molecule has 0 fully saturated rings. The molecule has 3 aromatic carbocycles. The zero-order chi connectivity index (χ0) is 22.9. The van der Waals surface area contributed by atoms with Gasteiger partial charge in [0.15, 0.2) is 0 Å². The van der Waals surface area contributed by atoms with Gasteiger partial charge >= 0.3 is 5.97 Å². The third-order valence-corrected chi connectivity index (χ3v) is 5.40. The lowest BCUT2D eigenvalue weighted by Crippen LogP contribution is -2.34. The molecule has 0 amide bonds. The average Bonchev–Trinajstić information content (AvgIpc) is 2.83. The minimum absolute atomic E-state index is 0.249. The number of carbonyl (C=O) groups is 1. The van der Waals surface area contributed by atoms with E-state index in [1.807, 2.05) is 48.5 Å². The summed E-state index contributed by atoms with van der Waals surface area (Å²) in [5.41, 5.74) is 3.14. The fraction of sp³-hybridized carbons (Fsp3) is 0.296. The Bertz CT molecular complexity index is 989. The first kappa shape index (κ1) is 23.5. The summed E-state index contributed by atoms with van der Waals surface area (Å²) in [4.78, 5) is 14.6.